The lowest BCUT2D eigenvalue weighted by atomic mass is 10.4. The summed E-state index contributed by atoms with van der Waals surface area (Å²) in [5, 5.41) is 3.48. The van der Waals surface area contributed by atoms with E-state index in [1.54, 1.807) is 0 Å². The fourth-order valence-electron chi connectivity index (χ4n) is 2.13. The summed E-state index contributed by atoms with van der Waals surface area (Å²) < 4.78 is 2.23. The van der Waals surface area contributed by atoms with E-state index in [2.05, 4.69) is 46.7 Å². The maximum absolute atomic E-state index is 4.39. The van der Waals surface area contributed by atoms with Gasteiger partial charge in [-0.15, -0.1) is 0 Å². The van der Waals surface area contributed by atoms with Gasteiger partial charge in [-0.1, -0.05) is 20.8 Å². The number of rotatable bonds is 10. The Morgan fingerprint density at radius 3 is 2.72 bits per heavy atom. The zero-order valence-corrected chi connectivity index (χ0v) is 12.2. The highest BCUT2D eigenvalue weighted by Gasteiger charge is 2.03. The number of aromatic nitrogens is 2. The minimum absolute atomic E-state index is 0.872. The molecule has 4 heteroatoms. The molecule has 0 aliphatic carbocycles. The van der Waals surface area contributed by atoms with E-state index in [0.29, 0.717) is 0 Å². The van der Waals surface area contributed by atoms with Crippen LogP contribution in [0, 0.1) is 0 Å². The second kappa shape index (κ2) is 9.11. The van der Waals surface area contributed by atoms with Crippen LogP contribution in [0.5, 0.6) is 0 Å². The van der Waals surface area contributed by atoms with Crippen LogP contribution in [0.15, 0.2) is 12.4 Å². The van der Waals surface area contributed by atoms with Crippen molar-refractivity contribution in [2.24, 2.45) is 0 Å². The summed E-state index contributed by atoms with van der Waals surface area (Å²) in [4.78, 5) is 6.87. The molecule has 0 radical (unpaired) electrons. The third-order valence-electron chi connectivity index (χ3n) is 3.14. The molecule has 104 valence electrons. The Bertz CT molecular complexity index is 308. The number of imidazole rings is 1. The minimum atomic E-state index is 0.872. The van der Waals surface area contributed by atoms with Crippen LogP contribution in [0.25, 0.3) is 0 Å². The molecule has 0 bridgehead atoms. The van der Waals surface area contributed by atoms with Gasteiger partial charge < -0.3 is 14.8 Å². The van der Waals surface area contributed by atoms with E-state index in [4.69, 9.17) is 0 Å². The van der Waals surface area contributed by atoms with Crippen molar-refractivity contribution < 1.29 is 0 Å². The Morgan fingerprint density at radius 1 is 1.22 bits per heavy atom. The molecule has 0 fully saturated rings. The van der Waals surface area contributed by atoms with Crippen LogP contribution in [0.4, 0.5) is 0 Å². The first-order chi connectivity index (χ1) is 8.81. The van der Waals surface area contributed by atoms with E-state index in [1.165, 1.54) is 13.0 Å². The van der Waals surface area contributed by atoms with Crippen LogP contribution in [-0.2, 0) is 13.1 Å². The van der Waals surface area contributed by atoms with Crippen LogP contribution in [0.2, 0.25) is 0 Å². The van der Waals surface area contributed by atoms with Crippen LogP contribution < -0.4 is 5.32 Å². The molecule has 0 aliphatic rings. The first kappa shape index (κ1) is 15.2. The predicted molar refractivity (Wildman–Crippen MR) is 76.6 cm³/mol. The molecule has 0 spiro atoms. The Labute approximate surface area is 111 Å². The Kier molecular flexibility index (Phi) is 7.69. The number of hydrogen-bond acceptors (Lipinski definition) is 3. The Hall–Kier alpha value is -0.870. The lowest BCUT2D eigenvalue weighted by Crippen LogP contribution is -2.32. The van der Waals surface area contributed by atoms with E-state index in [-0.39, 0.29) is 0 Å². The molecule has 0 saturated carbocycles. The first-order valence-electron chi connectivity index (χ1n) is 7.24. The van der Waals surface area contributed by atoms with Gasteiger partial charge in [-0.05, 0) is 25.9 Å². The summed E-state index contributed by atoms with van der Waals surface area (Å²) in [5.41, 5.74) is 0. The molecule has 1 rings (SSSR count). The maximum atomic E-state index is 4.39. The summed E-state index contributed by atoms with van der Waals surface area (Å²) in [6, 6.07) is 0. The molecule has 1 aromatic rings. The lowest BCUT2D eigenvalue weighted by molar-refractivity contribution is 0.287. The second-order valence-electron chi connectivity index (χ2n) is 4.65. The summed E-state index contributed by atoms with van der Waals surface area (Å²) in [6.45, 7) is 13.1. The van der Waals surface area contributed by atoms with Gasteiger partial charge in [0.1, 0.15) is 5.82 Å². The second-order valence-corrected chi connectivity index (χ2v) is 4.65. The summed E-state index contributed by atoms with van der Waals surface area (Å²) in [7, 11) is 0. The highest BCUT2D eigenvalue weighted by Crippen LogP contribution is 1.98. The van der Waals surface area contributed by atoms with Crippen LogP contribution in [0.1, 0.15) is 39.4 Å². The van der Waals surface area contributed by atoms with Gasteiger partial charge in [-0.25, -0.2) is 4.98 Å². The average molecular weight is 252 g/mol. The van der Waals surface area contributed by atoms with Crippen molar-refractivity contribution in [1.82, 2.24) is 19.8 Å². The van der Waals surface area contributed by atoms with Gasteiger partial charge in [0, 0.05) is 32.0 Å². The molecule has 1 N–H and O–H groups in total. The van der Waals surface area contributed by atoms with Crippen molar-refractivity contribution in [2.75, 3.05) is 26.2 Å². The molecule has 1 aromatic heterocycles. The monoisotopic (exact) mass is 252 g/mol. The summed E-state index contributed by atoms with van der Waals surface area (Å²) >= 11 is 0. The molecule has 18 heavy (non-hydrogen) atoms. The van der Waals surface area contributed by atoms with Crippen molar-refractivity contribution in [2.45, 2.75) is 46.7 Å². The van der Waals surface area contributed by atoms with E-state index in [0.717, 1.165) is 45.0 Å². The molecule has 4 nitrogen and oxygen atoms in total. The molecule has 0 amide bonds. The molecule has 0 aliphatic heterocycles. The van der Waals surface area contributed by atoms with Gasteiger partial charge in [-0.2, -0.15) is 0 Å². The highest BCUT2D eigenvalue weighted by molar-refractivity contribution is 4.91. The van der Waals surface area contributed by atoms with Crippen molar-refractivity contribution >= 4 is 0 Å². The number of likely N-dealkylation sites (N-methyl/N-ethyl adjacent to an activating group) is 1. The highest BCUT2D eigenvalue weighted by atomic mass is 15.1. The van der Waals surface area contributed by atoms with E-state index < -0.39 is 0 Å². The first-order valence-corrected chi connectivity index (χ1v) is 7.24. The average Bonchev–Trinajstić information content (AvgIpc) is 2.81. The predicted octanol–water partition coefficient (Wildman–Crippen LogP) is 2.11. The van der Waals surface area contributed by atoms with Crippen molar-refractivity contribution in [1.29, 1.82) is 0 Å². The van der Waals surface area contributed by atoms with Crippen molar-refractivity contribution in [3.8, 4) is 0 Å². The van der Waals surface area contributed by atoms with E-state index in [1.807, 2.05) is 6.20 Å². The molecular weight excluding hydrogens is 224 g/mol. The van der Waals surface area contributed by atoms with Crippen LogP contribution in [0.3, 0.4) is 0 Å². The number of hydrogen-bond donors (Lipinski definition) is 1. The van der Waals surface area contributed by atoms with Crippen LogP contribution >= 0.6 is 0 Å². The smallest absolute Gasteiger partial charge is 0.122 e. The Balaban J connectivity index is 2.22. The normalized spacial score (nSPS) is 11.3. The van der Waals surface area contributed by atoms with E-state index in [9.17, 15) is 0 Å². The fourth-order valence-corrected chi connectivity index (χ4v) is 2.13. The largest absolute Gasteiger partial charge is 0.334 e. The molecule has 1 heterocycles. The third-order valence-corrected chi connectivity index (χ3v) is 3.14. The molecule has 0 saturated heterocycles. The van der Waals surface area contributed by atoms with Crippen LogP contribution in [-0.4, -0.2) is 40.6 Å². The van der Waals surface area contributed by atoms with Crippen molar-refractivity contribution in [3.05, 3.63) is 18.2 Å². The number of aryl methyl sites for hydroxylation is 1. The van der Waals surface area contributed by atoms with Gasteiger partial charge in [0.05, 0.1) is 6.54 Å². The molecule has 0 atom stereocenters. The zero-order chi connectivity index (χ0) is 13.2. The summed E-state index contributed by atoms with van der Waals surface area (Å²) in [5.74, 6) is 1.15. The molecule has 0 unspecified atom stereocenters. The maximum Gasteiger partial charge on any atom is 0.122 e. The molecule has 0 aromatic carbocycles. The standard InChI is InChI=1S/C14H28N4/c1-4-9-17(6-3)11-7-15-13-14-16-8-12-18(14)10-5-2/h8,12,15H,4-7,9-11,13H2,1-3H3. The quantitative estimate of drug-likeness (QED) is 0.648. The van der Waals surface area contributed by atoms with Gasteiger partial charge in [-0.3, -0.25) is 0 Å². The zero-order valence-electron chi connectivity index (χ0n) is 12.2. The third kappa shape index (κ3) is 5.19. The Morgan fingerprint density at radius 2 is 2.06 bits per heavy atom. The summed E-state index contributed by atoms with van der Waals surface area (Å²) in [6.07, 6.45) is 6.34. The van der Waals surface area contributed by atoms with Gasteiger partial charge in [0.25, 0.3) is 0 Å². The SMILES string of the molecule is CCCN(CC)CCNCc1nccn1CCC. The van der Waals surface area contributed by atoms with E-state index >= 15 is 0 Å². The van der Waals surface area contributed by atoms with Crippen molar-refractivity contribution in [3.63, 3.8) is 0 Å². The fraction of sp³-hybridized carbons (Fsp3) is 0.786. The number of nitrogens with one attached hydrogen (secondary N) is 1. The van der Waals surface area contributed by atoms with Gasteiger partial charge in [0.15, 0.2) is 0 Å². The number of nitrogens with zero attached hydrogens (tertiary/aromatic N) is 3. The lowest BCUT2D eigenvalue weighted by Gasteiger charge is -2.19. The van der Waals surface area contributed by atoms with Gasteiger partial charge in [0.2, 0.25) is 0 Å². The molecular formula is C14H28N4. The minimum Gasteiger partial charge on any atom is -0.334 e. The topological polar surface area (TPSA) is 33.1 Å². The van der Waals surface area contributed by atoms with Gasteiger partial charge >= 0.3 is 0 Å².